The summed E-state index contributed by atoms with van der Waals surface area (Å²) in [5.74, 6) is 1.41. The molecule has 1 aliphatic carbocycles. The molecule has 2 rings (SSSR count). The minimum Gasteiger partial charge on any atom is -0.298 e. The van der Waals surface area contributed by atoms with Crippen molar-refractivity contribution >= 4 is 6.29 Å². The van der Waals surface area contributed by atoms with E-state index in [4.69, 9.17) is 0 Å². The van der Waals surface area contributed by atoms with E-state index in [1.807, 2.05) is 12.1 Å². The summed E-state index contributed by atoms with van der Waals surface area (Å²) in [5, 5.41) is 0. The standard InChI is InChI=1S/C13H16O/c1-9(2)12-6-4-11-7-10(8-14)3-5-13(11)12/h3,5,7-9,12H,4,6H2,1-2H3. The second-order valence-electron chi connectivity index (χ2n) is 4.47. The zero-order valence-electron chi connectivity index (χ0n) is 8.79. The van der Waals surface area contributed by atoms with Crippen molar-refractivity contribution in [1.29, 1.82) is 0 Å². The van der Waals surface area contributed by atoms with E-state index >= 15 is 0 Å². The van der Waals surface area contributed by atoms with Crippen molar-refractivity contribution in [2.45, 2.75) is 32.6 Å². The van der Waals surface area contributed by atoms with Crippen molar-refractivity contribution < 1.29 is 4.79 Å². The van der Waals surface area contributed by atoms with Gasteiger partial charge >= 0.3 is 0 Å². The Bertz CT molecular complexity index is 352. The third-order valence-electron chi connectivity index (χ3n) is 3.23. The molecular weight excluding hydrogens is 172 g/mol. The van der Waals surface area contributed by atoms with Gasteiger partial charge in [0.05, 0.1) is 0 Å². The van der Waals surface area contributed by atoms with Crippen molar-refractivity contribution in [2.75, 3.05) is 0 Å². The van der Waals surface area contributed by atoms with Crippen LogP contribution in [0.5, 0.6) is 0 Å². The lowest BCUT2D eigenvalue weighted by Crippen LogP contribution is -2.02. The Kier molecular flexibility index (Phi) is 2.40. The molecule has 0 amide bonds. The Labute approximate surface area is 85.1 Å². The van der Waals surface area contributed by atoms with Gasteiger partial charge in [0.2, 0.25) is 0 Å². The molecule has 0 bridgehead atoms. The molecule has 1 heteroatoms. The first-order valence-electron chi connectivity index (χ1n) is 5.30. The van der Waals surface area contributed by atoms with Gasteiger partial charge in [0.1, 0.15) is 6.29 Å². The number of rotatable bonds is 2. The summed E-state index contributed by atoms with van der Waals surface area (Å²) in [6, 6.07) is 6.12. The summed E-state index contributed by atoms with van der Waals surface area (Å²) in [6.07, 6.45) is 3.32. The first-order chi connectivity index (χ1) is 6.72. The average molecular weight is 188 g/mol. The predicted octanol–water partition coefficient (Wildman–Crippen LogP) is 3.18. The number of carbonyl (C=O) groups excluding carboxylic acids is 1. The molecule has 1 aliphatic rings. The molecule has 0 spiro atoms. The van der Waals surface area contributed by atoms with E-state index in [1.165, 1.54) is 17.5 Å². The van der Waals surface area contributed by atoms with Crippen LogP contribution in [0.3, 0.4) is 0 Å². The zero-order chi connectivity index (χ0) is 10.1. The second-order valence-corrected chi connectivity index (χ2v) is 4.47. The molecular formula is C13H16O. The highest BCUT2D eigenvalue weighted by Crippen LogP contribution is 2.38. The van der Waals surface area contributed by atoms with Gasteiger partial charge in [0.15, 0.2) is 0 Å². The normalized spacial score (nSPS) is 19.8. The fraction of sp³-hybridized carbons (Fsp3) is 0.462. The zero-order valence-corrected chi connectivity index (χ0v) is 8.79. The van der Waals surface area contributed by atoms with E-state index in [0.717, 1.165) is 18.3 Å². The van der Waals surface area contributed by atoms with Gasteiger partial charge in [-0.2, -0.15) is 0 Å². The number of carbonyl (C=O) groups is 1. The van der Waals surface area contributed by atoms with Crippen LogP contribution < -0.4 is 0 Å². The maximum atomic E-state index is 10.6. The van der Waals surface area contributed by atoms with Crippen LogP contribution >= 0.6 is 0 Å². The summed E-state index contributed by atoms with van der Waals surface area (Å²) in [4.78, 5) is 10.6. The Morgan fingerprint density at radius 3 is 2.86 bits per heavy atom. The SMILES string of the molecule is CC(C)C1CCc2cc(C=O)ccc21. The van der Waals surface area contributed by atoms with Gasteiger partial charge < -0.3 is 0 Å². The van der Waals surface area contributed by atoms with Crippen molar-refractivity contribution in [3.8, 4) is 0 Å². The van der Waals surface area contributed by atoms with Crippen molar-refractivity contribution in [3.63, 3.8) is 0 Å². The number of fused-ring (bicyclic) bond motifs is 1. The third kappa shape index (κ3) is 1.47. The number of hydrogen-bond acceptors (Lipinski definition) is 1. The summed E-state index contributed by atoms with van der Waals surface area (Å²) >= 11 is 0. The van der Waals surface area contributed by atoms with Crippen LogP contribution in [-0.2, 0) is 6.42 Å². The number of hydrogen-bond donors (Lipinski definition) is 0. The molecule has 74 valence electrons. The van der Waals surface area contributed by atoms with Crippen molar-refractivity contribution in [1.82, 2.24) is 0 Å². The fourth-order valence-corrected chi connectivity index (χ4v) is 2.44. The number of benzene rings is 1. The maximum absolute atomic E-state index is 10.6. The molecule has 0 fully saturated rings. The first kappa shape index (κ1) is 9.45. The smallest absolute Gasteiger partial charge is 0.150 e. The van der Waals surface area contributed by atoms with Gasteiger partial charge in [-0.1, -0.05) is 26.0 Å². The van der Waals surface area contributed by atoms with Gasteiger partial charge in [0, 0.05) is 5.56 Å². The lowest BCUT2D eigenvalue weighted by atomic mass is 9.90. The number of aryl methyl sites for hydroxylation is 1. The molecule has 0 aromatic heterocycles. The molecule has 1 unspecified atom stereocenters. The van der Waals surface area contributed by atoms with Crippen LogP contribution in [-0.4, -0.2) is 6.29 Å². The van der Waals surface area contributed by atoms with Crippen LogP contribution in [0, 0.1) is 5.92 Å². The average Bonchev–Trinajstić information content (AvgIpc) is 2.59. The largest absolute Gasteiger partial charge is 0.298 e. The van der Waals surface area contributed by atoms with Gasteiger partial charge in [-0.15, -0.1) is 0 Å². The van der Waals surface area contributed by atoms with Crippen LogP contribution in [0.15, 0.2) is 18.2 Å². The highest BCUT2D eigenvalue weighted by atomic mass is 16.1. The molecule has 0 aliphatic heterocycles. The highest BCUT2D eigenvalue weighted by molar-refractivity contribution is 5.75. The van der Waals surface area contributed by atoms with E-state index in [-0.39, 0.29) is 0 Å². The minimum absolute atomic E-state index is 0.700. The monoisotopic (exact) mass is 188 g/mol. The molecule has 0 radical (unpaired) electrons. The van der Waals surface area contributed by atoms with Crippen molar-refractivity contribution in [2.24, 2.45) is 5.92 Å². The summed E-state index contributed by atoms with van der Waals surface area (Å²) < 4.78 is 0. The van der Waals surface area contributed by atoms with Gasteiger partial charge in [-0.05, 0) is 41.9 Å². The second kappa shape index (κ2) is 3.56. The molecule has 0 saturated carbocycles. The molecule has 1 aromatic rings. The quantitative estimate of drug-likeness (QED) is 0.651. The fourth-order valence-electron chi connectivity index (χ4n) is 2.44. The summed E-state index contributed by atoms with van der Waals surface area (Å²) in [5.41, 5.74) is 3.66. The molecule has 0 saturated heterocycles. The summed E-state index contributed by atoms with van der Waals surface area (Å²) in [6.45, 7) is 4.54. The predicted molar refractivity (Wildman–Crippen MR) is 57.7 cm³/mol. The molecule has 0 heterocycles. The minimum atomic E-state index is 0.700. The Balaban J connectivity index is 2.38. The van der Waals surface area contributed by atoms with Gasteiger partial charge in [0.25, 0.3) is 0 Å². The van der Waals surface area contributed by atoms with E-state index in [2.05, 4.69) is 19.9 Å². The van der Waals surface area contributed by atoms with E-state index in [9.17, 15) is 4.79 Å². The first-order valence-corrected chi connectivity index (χ1v) is 5.30. The maximum Gasteiger partial charge on any atom is 0.150 e. The number of aldehydes is 1. The third-order valence-corrected chi connectivity index (χ3v) is 3.23. The Morgan fingerprint density at radius 2 is 2.21 bits per heavy atom. The molecule has 14 heavy (non-hydrogen) atoms. The molecule has 1 aromatic carbocycles. The van der Waals surface area contributed by atoms with E-state index in [1.54, 1.807) is 0 Å². The summed E-state index contributed by atoms with van der Waals surface area (Å²) in [7, 11) is 0. The van der Waals surface area contributed by atoms with Gasteiger partial charge in [-0.3, -0.25) is 4.79 Å². The molecule has 1 atom stereocenters. The van der Waals surface area contributed by atoms with Gasteiger partial charge in [-0.25, -0.2) is 0 Å². The van der Waals surface area contributed by atoms with Crippen LogP contribution in [0.2, 0.25) is 0 Å². The Morgan fingerprint density at radius 1 is 1.43 bits per heavy atom. The lowest BCUT2D eigenvalue weighted by Gasteiger charge is -2.15. The highest BCUT2D eigenvalue weighted by Gasteiger charge is 2.24. The van der Waals surface area contributed by atoms with Crippen molar-refractivity contribution in [3.05, 3.63) is 34.9 Å². The lowest BCUT2D eigenvalue weighted by molar-refractivity contribution is 0.112. The molecule has 1 nitrogen and oxygen atoms in total. The molecule has 0 N–H and O–H groups in total. The van der Waals surface area contributed by atoms with Crippen LogP contribution in [0.4, 0.5) is 0 Å². The van der Waals surface area contributed by atoms with Crippen LogP contribution in [0.1, 0.15) is 47.7 Å². The van der Waals surface area contributed by atoms with E-state index < -0.39 is 0 Å². The Hall–Kier alpha value is -1.11. The van der Waals surface area contributed by atoms with E-state index in [0.29, 0.717) is 11.8 Å². The topological polar surface area (TPSA) is 17.1 Å². The van der Waals surface area contributed by atoms with Crippen LogP contribution in [0.25, 0.3) is 0 Å².